The molecule has 3 nitrogen and oxygen atoms in total. The second-order valence-corrected chi connectivity index (χ2v) is 7.55. The third kappa shape index (κ3) is 4.08. The lowest BCUT2D eigenvalue weighted by Crippen LogP contribution is -2.54. The first-order valence-electron chi connectivity index (χ1n) is 9.09. The molecule has 0 N–H and O–H groups in total. The van der Waals surface area contributed by atoms with Gasteiger partial charge in [-0.15, -0.1) is 0 Å². The van der Waals surface area contributed by atoms with Gasteiger partial charge in [-0.05, 0) is 60.4 Å². The van der Waals surface area contributed by atoms with E-state index < -0.39 is 0 Å². The number of allylic oxidation sites excluding steroid dienone is 1. The zero-order valence-corrected chi connectivity index (χ0v) is 15.0. The molecule has 1 aliphatic heterocycles. The highest BCUT2D eigenvalue weighted by atomic mass is 19.1. The summed E-state index contributed by atoms with van der Waals surface area (Å²) < 4.78 is 31.4. The molecule has 1 heterocycles. The van der Waals surface area contributed by atoms with Gasteiger partial charge in [-0.2, -0.15) is 0 Å². The van der Waals surface area contributed by atoms with E-state index in [1.807, 2.05) is 18.2 Å². The van der Waals surface area contributed by atoms with Crippen LogP contribution >= 0.6 is 0 Å². The number of nitrogens with zero attached hydrogens (tertiary/aromatic N) is 1. The smallest absolute Gasteiger partial charge is 0.195 e. The van der Waals surface area contributed by atoms with Crippen LogP contribution in [-0.2, 0) is 11.3 Å². The third-order valence-corrected chi connectivity index (χ3v) is 5.33. The topological polar surface area (TPSA) is 29.5 Å². The molecule has 0 saturated carbocycles. The molecule has 4 rings (SSSR count). The van der Waals surface area contributed by atoms with Gasteiger partial charge in [-0.1, -0.05) is 18.2 Å². The Morgan fingerprint density at radius 2 is 1.63 bits per heavy atom. The van der Waals surface area contributed by atoms with Crippen molar-refractivity contribution in [2.75, 3.05) is 19.7 Å². The van der Waals surface area contributed by atoms with Crippen molar-refractivity contribution in [2.45, 2.75) is 19.4 Å². The Labute approximate surface area is 157 Å². The van der Waals surface area contributed by atoms with E-state index in [1.54, 1.807) is 0 Å². The molecule has 0 aromatic heterocycles. The predicted molar refractivity (Wildman–Crippen MR) is 98.3 cm³/mol. The number of ether oxygens (including phenoxy) is 1. The highest BCUT2D eigenvalue weighted by molar-refractivity contribution is 5.97. The first-order chi connectivity index (χ1) is 13.0. The van der Waals surface area contributed by atoms with E-state index >= 15 is 0 Å². The first-order valence-corrected chi connectivity index (χ1v) is 9.09. The van der Waals surface area contributed by atoms with Crippen LogP contribution in [0.1, 0.15) is 18.4 Å². The highest BCUT2D eigenvalue weighted by Gasteiger charge is 2.45. The normalized spacial score (nSPS) is 18.2. The van der Waals surface area contributed by atoms with Gasteiger partial charge < -0.3 is 4.74 Å². The number of carbonyl (C=O) groups is 1. The van der Waals surface area contributed by atoms with Gasteiger partial charge in [-0.25, -0.2) is 8.78 Å². The zero-order valence-electron chi connectivity index (χ0n) is 15.0. The minimum absolute atomic E-state index is 0.00631. The van der Waals surface area contributed by atoms with E-state index in [2.05, 4.69) is 4.90 Å². The number of Topliss-reactive ketones (excluding diaryl/α,β-unsaturated/α-hetero) is 1. The standard InChI is InChI=1S/C22H21F2NO2/c23-18-3-1-16(2-4-18)12-25-14-22(15-25)10-9-17(11-22)21(26)13-27-20-7-5-19(24)6-8-20/h1-9H,10-15H2. The summed E-state index contributed by atoms with van der Waals surface area (Å²) in [4.78, 5) is 14.7. The molecule has 0 bridgehead atoms. The minimum Gasteiger partial charge on any atom is -0.485 e. The van der Waals surface area contributed by atoms with Crippen molar-refractivity contribution in [3.63, 3.8) is 0 Å². The second-order valence-electron chi connectivity index (χ2n) is 7.55. The summed E-state index contributed by atoms with van der Waals surface area (Å²) >= 11 is 0. The van der Waals surface area contributed by atoms with Crippen molar-refractivity contribution >= 4 is 5.78 Å². The fourth-order valence-electron chi connectivity index (χ4n) is 3.98. The number of likely N-dealkylation sites (tertiary alicyclic amines) is 1. The number of halogens is 2. The lowest BCUT2D eigenvalue weighted by Gasteiger charge is -2.48. The summed E-state index contributed by atoms with van der Waals surface area (Å²) in [6.07, 6.45) is 3.72. The molecule has 0 atom stereocenters. The average molecular weight is 369 g/mol. The largest absolute Gasteiger partial charge is 0.485 e. The number of carbonyl (C=O) groups excluding carboxylic acids is 1. The molecule has 1 spiro atoms. The molecule has 0 unspecified atom stereocenters. The number of hydrogen-bond acceptors (Lipinski definition) is 3. The van der Waals surface area contributed by atoms with Crippen LogP contribution in [0.4, 0.5) is 8.78 Å². The molecular formula is C22H21F2NO2. The van der Waals surface area contributed by atoms with Crippen LogP contribution in [0.2, 0.25) is 0 Å². The van der Waals surface area contributed by atoms with Crippen LogP contribution in [0.25, 0.3) is 0 Å². The SMILES string of the molecule is O=C(COc1ccc(F)cc1)C1=CCC2(C1)CN(Cc1ccc(F)cc1)C2. The monoisotopic (exact) mass is 369 g/mol. The van der Waals surface area contributed by atoms with Crippen LogP contribution in [0.15, 0.2) is 60.2 Å². The average Bonchev–Trinajstić information content (AvgIpc) is 3.08. The quantitative estimate of drug-likeness (QED) is 0.767. The maximum absolute atomic E-state index is 13.0. The van der Waals surface area contributed by atoms with Crippen molar-refractivity contribution in [1.29, 1.82) is 0 Å². The van der Waals surface area contributed by atoms with Crippen molar-refractivity contribution < 1.29 is 18.3 Å². The minimum atomic E-state index is -0.329. The maximum atomic E-state index is 13.0. The number of ketones is 1. The van der Waals surface area contributed by atoms with E-state index in [9.17, 15) is 13.6 Å². The van der Waals surface area contributed by atoms with Crippen molar-refractivity contribution in [2.24, 2.45) is 5.41 Å². The van der Waals surface area contributed by atoms with Crippen LogP contribution in [0.3, 0.4) is 0 Å². The second kappa shape index (κ2) is 7.24. The summed E-state index contributed by atoms with van der Waals surface area (Å²) in [6.45, 7) is 2.67. The molecular weight excluding hydrogens is 348 g/mol. The van der Waals surface area contributed by atoms with Gasteiger partial charge in [0.1, 0.15) is 17.4 Å². The van der Waals surface area contributed by atoms with Gasteiger partial charge in [-0.3, -0.25) is 9.69 Å². The van der Waals surface area contributed by atoms with Crippen LogP contribution in [0, 0.1) is 17.0 Å². The van der Waals surface area contributed by atoms with Gasteiger partial charge in [0.2, 0.25) is 0 Å². The van der Waals surface area contributed by atoms with E-state index in [0.717, 1.165) is 43.6 Å². The van der Waals surface area contributed by atoms with Gasteiger partial charge in [0, 0.05) is 25.0 Å². The lowest BCUT2D eigenvalue weighted by molar-refractivity contribution is -0.118. The molecule has 5 heteroatoms. The maximum Gasteiger partial charge on any atom is 0.195 e. The summed E-state index contributed by atoms with van der Waals surface area (Å²) in [5.41, 5.74) is 2.08. The molecule has 140 valence electrons. The van der Waals surface area contributed by atoms with Gasteiger partial charge >= 0.3 is 0 Å². The van der Waals surface area contributed by atoms with Gasteiger partial charge in [0.15, 0.2) is 12.4 Å². The molecule has 1 saturated heterocycles. The molecule has 0 amide bonds. The fraction of sp³-hybridized carbons (Fsp3) is 0.318. The molecule has 27 heavy (non-hydrogen) atoms. The predicted octanol–water partition coefficient (Wildman–Crippen LogP) is 4.14. The van der Waals surface area contributed by atoms with Crippen LogP contribution in [0.5, 0.6) is 5.75 Å². The highest BCUT2D eigenvalue weighted by Crippen LogP contribution is 2.45. The van der Waals surface area contributed by atoms with Crippen molar-refractivity contribution in [3.05, 3.63) is 77.4 Å². The first kappa shape index (κ1) is 17.9. The van der Waals surface area contributed by atoms with E-state index in [4.69, 9.17) is 4.74 Å². The number of hydrogen-bond donors (Lipinski definition) is 0. The molecule has 2 aliphatic rings. The molecule has 2 aromatic carbocycles. The van der Waals surface area contributed by atoms with Gasteiger partial charge in [0.05, 0.1) is 0 Å². The molecule has 1 aliphatic carbocycles. The Bertz CT molecular complexity index is 853. The zero-order chi connectivity index (χ0) is 18.9. The Hall–Kier alpha value is -2.53. The third-order valence-electron chi connectivity index (χ3n) is 5.33. The summed E-state index contributed by atoms with van der Waals surface area (Å²) in [7, 11) is 0. The van der Waals surface area contributed by atoms with Crippen molar-refractivity contribution in [3.8, 4) is 5.75 Å². The molecule has 2 aromatic rings. The Balaban J connectivity index is 1.24. The molecule has 0 radical (unpaired) electrons. The summed E-state index contributed by atoms with van der Waals surface area (Å²) in [6, 6.07) is 12.3. The lowest BCUT2D eigenvalue weighted by atomic mass is 9.76. The van der Waals surface area contributed by atoms with Crippen LogP contribution in [-0.4, -0.2) is 30.4 Å². The molecule has 1 fully saturated rings. The van der Waals surface area contributed by atoms with E-state index in [0.29, 0.717) is 5.75 Å². The Kier molecular flexibility index (Phi) is 4.79. The Morgan fingerprint density at radius 3 is 2.30 bits per heavy atom. The number of benzene rings is 2. The van der Waals surface area contributed by atoms with Crippen molar-refractivity contribution in [1.82, 2.24) is 4.90 Å². The van der Waals surface area contributed by atoms with E-state index in [1.165, 1.54) is 36.4 Å². The van der Waals surface area contributed by atoms with Crippen LogP contribution < -0.4 is 4.74 Å². The summed E-state index contributed by atoms with van der Waals surface area (Å²) in [5.74, 6) is -0.0607. The summed E-state index contributed by atoms with van der Waals surface area (Å²) in [5, 5.41) is 0. The Morgan fingerprint density at radius 1 is 1.00 bits per heavy atom. The fourth-order valence-corrected chi connectivity index (χ4v) is 3.98. The van der Waals surface area contributed by atoms with E-state index in [-0.39, 0.29) is 29.4 Å². The van der Waals surface area contributed by atoms with Gasteiger partial charge in [0.25, 0.3) is 0 Å². The number of rotatable bonds is 6.